The van der Waals surface area contributed by atoms with Crippen LogP contribution < -0.4 is 4.72 Å². The number of hydrogen-bond donors (Lipinski definition) is 1. The zero-order chi connectivity index (χ0) is 26.5. The molecule has 13 heteroatoms. The van der Waals surface area contributed by atoms with Crippen LogP contribution in [0.15, 0.2) is 47.5 Å². The molecule has 1 saturated carbocycles. The molecule has 2 fully saturated rings. The topological polar surface area (TPSA) is 97.2 Å². The van der Waals surface area contributed by atoms with Gasteiger partial charge >= 0.3 is 0 Å². The van der Waals surface area contributed by atoms with E-state index in [0.29, 0.717) is 30.9 Å². The predicted molar refractivity (Wildman–Crippen MR) is 123 cm³/mol. The number of halogens is 4. The van der Waals surface area contributed by atoms with Crippen molar-refractivity contribution in [1.82, 2.24) is 24.6 Å². The Hall–Kier alpha value is -3.32. The number of aromatic nitrogens is 3. The van der Waals surface area contributed by atoms with Gasteiger partial charge in [0.1, 0.15) is 27.8 Å². The summed E-state index contributed by atoms with van der Waals surface area (Å²) in [5.41, 5.74) is -2.98. The molecule has 2 aromatic carbocycles. The van der Waals surface area contributed by atoms with Gasteiger partial charge in [0.25, 0.3) is 5.91 Å². The van der Waals surface area contributed by atoms with Crippen LogP contribution in [0.3, 0.4) is 0 Å². The van der Waals surface area contributed by atoms with Gasteiger partial charge in [-0.05, 0) is 37.5 Å². The fraction of sp³-hybridized carbons (Fsp3) is 0.375. The minimum Gasteiger partial charge on any atom is -0.331 e. The monoisotopic (exact) mass is 537 g/mol. The highest BCUT2D eigenvalue weighted by Crippen LogP contribution is 2.37. The van der Waals surface area contributed by atoms with Crippen LogP contribution in [-0.4, -0.2) is 53.4 Å². The molecule has 2 aliphatic rings. The smallest absolute Gasteiger partial charge is 0.260 e. The molecule has 196 valence electrons. The second kappa shape index (κ2) is 9.21. The molecule has 3 aromatic rings. The summed E-state index contributed by atoms with van der Waals surface area (Å²) >= 11 is 0. The Bertz CT molecular complexity index is 1470. The largest absolute Gasteiger partial charge is 0.331 e. The van der Waals surface area contributed by atoms with E-state index >= 15 is 8.78 Å². The highest BCUT2D eigenvalue weighted by Gasteiger charge is 2.50. The van der Waals surface area contributed by atoms with Crippen molar-refractivity contribution in [3.8, 4) is 0 Å². The molecule has 1 aliphatic heterocycles. The lowest BCUT2D eigenvalue weighted by Crippen LogP contribution is -2.59. The van der Waals surface area contributed by atoms with E-state index in [1.807, 2.05) is 6.92 Å². The van der Waals surface area contributed by atoms with E-state index in [0.717, 1.165) is 11.0 Å². The van der Waals surface area contributed by atoms with Crippen molar-refractivity contribution in [2.24, 2.45) is 0 Å². The quantitative estimate of drug-likeness (QED) is 0.444. The fourth-order valence-electron chi connectivity index (χ4n) is 4.37. The maximum Gasteiger partial charge on any atom is 0.260 e. The van der Waals surface area contributed by atoms with E-state index in [9.17, 15) is 22.0 Å². The molecule has 0 bridgehead atoms. The summed E-state index contributed by atoms with van der Waals surface area (Å²) in [6, 6.07) is 6.70. The number of hydrogen-bond acceptors (Lipinski definition) is 5. The van der Waals surface area contributed by atoms with Crippen LogP contribution in [0.25, 0.3) is 0 Å². The number of carbonyl (C=O) groups excluding carboxylic acids is 1. The molecular formula is C24H23F4N5O3S. The molecule has 37 heavy (non-hydrogen) atoms. The summed E-state index contributed by atoms with van der Waals surface area (Å²) in [7, 11) is -4.30. The number of sulfonamides is 1. The normalized spacial score (nSPS) is 17.9. The number of carbonyl (C=O) groups is 1. The predicted octanol–water partition coefficient (Wildman–Crippen LogP) is 3.46. The van der Waals surface area contributed by atoms with E-state index in [1.54, 1.807) is 18.2 Å². The van der Waals surface area contributed by atoms with Gasteiger partial charge in [0, 0.05) is 11.6 Å². The van der Waals surface area contributed by atoms with Gasteiger partial charge in [-0.2, -0.15) is 0 Å². The van der Waals surface area contributed by atoms with Gasteiger partial charge in [0.15, 0.2) is 11.5 Å². The summed E-state index contributed by atoms with van der Waals surface area (Å²) < 4.78 is 87.8. The molecule has 2 heterocycles. The number of likely N-dealkylation sites (tertiary alicyclic amines) is 1. The molecule has 1 saturated heterocycles. The lowest BCUT2D eigenvalue weighted by molar-refractivity contribution is -0.0264. The lowest BCUT2D eigenvalue weighted by Gasteiger charge is -2.43. The first-order valence-electron chi connectivity index (χ1n) is 11.7. The van der Waals surface area contributed by atoms with Gasteiger partial charge in [-0.3, -0.25) is 4.79 Å². The molecule has 0 radical (unpaired) electrons. The van der Waals surface area contributed by atoms with Gasteiger partial charge in [-0.1, -0.05) is 30.3 Å². The third kappa shape index (κ3) is 4.61. The van der Waals surface area contributed by atoms with Crippen molar-refractivity contribution in [3.05, 3.63) is 76.9 Å². The lowest BCUT2D eigenvalue weighted by atomic mass is 9.92. The van der Waals surface area contributed by atoms with Gasteiger partial charge in [-0.25, -0.2) is 35.4 Å². The standard InChI is InChI=1S/C24H23F4N5O3S/c1-2-18(15-5-3-4-6-16(15)25)33-11-20(29-31-33)24(28)12-32(13-24)23(34)21-17(26)9-10-19(22(21)27)37(35,36)30-14-7-8-14/h3-6,9-11,14,18,30H,2,7-8,12-13H2,1H3/t18-/m1/s1. The van der Waals surface area contributed by atoms with E-state index in [1.165, 1.54) is 16.9 Å². The number of amides is 1. The van der Waals surface area contributed by atoms with Crippen LogP contribution in [0.2, 0.25) is 0 Å². The van der Waals surface area contributed by atoms with E-state index in [-0.39, 0.29) is 11.7 Å². The molecule has 1 N–H and O–H groups in total. The molecule has 1 aromatic heterocycles. The Morgan fingerprint density at radius 1 is 1.14 bits per heavy atom. The first kappa shape index (κ1) is 25.3. The van der Waals surface area contributed by atoms with Crippen LogP contribution in [0, 0.1) is 17.5 Å². The Balaban J connectivity index is 1.34. The number of nitrogens with zero attached hydrogens (tertiary/aromatic N) is 4. The molecule has 1 atom stereocenters. The van der Waals surface area contributed by atoms with Crippen molar-refractivity contribution >= 4 is 15.9 Å². The van der Waals surface area contributed by atoms with Crippen LogP contribution in [0.1, 0.15) is 53.8 Å². The van der Waals surface area contributed by atoms with Crippen molar-refractivity contribution < 1.29 is 30.8 Å². The summed E-state index contributed by atoms with van der Waals surface area (Å²) in [6.07, 6.45) is 2.97. The maximum absolute atomic E-state index is 15.6. The zero-order valence-electron chi connectivity index (χ0n) is 19.7. The molecule has 8 nitrogen and oxygen atoms in total. The van der Waals surface area contributed by atoms with E-state index < -0.39 is 68.6 Å². The van der Waals surface area contributed by atoms with Crippen molar-refractivity contribution in [2.75, 3.05) is 13.1 Å². The van der Waals surface area contributed by atoms with Gasteiger partial charge in [0.2, 0.25) is 10.0 Å². The van der Waals surface area contributed by atoms with Gasteiger partial charge in [-0.15, -0.1) is 5.10 Å². The summed E-state index contributed by atoms with van der Waals surface area (Å²) in [6.45, 7) is 0.666. The number of nitrogens with one attached hydrogen (secondary N) is 1. The highest BCUT2D eigenvalue weighted by molar-refractivity contribution is 7.89. The molecule has 0 unspecified atom stereocenters. The zero-order valence-corrected chi connectivity index (χ0v) is 20.5. The average molecular weight is 538 g/mol. The van der Waals surface area contributed by atoms with Crippen molar-refractivity contribution in [1.29, 1.82) is 0 Å². The average Bonchev–Trinajstić information content (AvgIpc) is 3.49. The Morgan fingerprint density at radius 3 is 2.49 bits per heavy atom. The third-order valence-electron chi connectivity index (χ3n) is 6.57. The molecule has 1 aliphatic carbocycles. The molecule has 1 amide bonds. The molecular weight excluding hydrogens is 514 g/mol. The minimum absolute atomic E-state index is 0.114. The van der Waals surface area contributed by atoms with Crippen LogP contribution in [0.5, 0.6) is 0 Å². The van der Waals surface area contributed by atoms with E-state index in [2.05, 4.69) is 15.0 Å². The van der Waals surface area contributed by atoms with Crippen molar-refractivity contribution in [2.45, 2.75) is 48.8 Å². The third-order valence-corrected chi connectivity index (χ3v) is 8.11. The van der Waals surface area contributed by atoms with Crippen LogP contribution >= 0.6 is 0 Å². The van der Waals surface area contributed by atoms with E-state index in [4.69, 9.17) is 0 Å². The Morgan fingerprint density at radius 2 is 1.84 bits per heavy atom. The minimum atomic E-state index is -4.30. The second-order valence-corrected chi connectivity index (χ2v) is 11.0. The molecule has 0 spiro atoms. The van der Waals surface area contributed by atoms with Crippen molar-refractivity contribution in [3.63, 3.8) is 0 Å². The first-order chi connectivity index (χ1) is 17.5. The van der Waals surface area contributed by atoms with Crippen LogP contribution in [-0.2, 0) is 15.7 Å². The number of rotatable bonds is 8. The second-order valence-electron chi connectivity index (χ2n) is 9.29. The summed E-state index contributed by atoms with van der Waals surface area (Å²) in [5, 5.41) is 7.80. The SMILES string of the molecule is CC[C@H](c1ccccc1F)n1cc(C2(F)CN(C(=O)c3c(F)ccc(S(=O)(=O)NC4CC4)c3F)C2)nn1. The summed E-state index contributed by atoms with van der Waals surface area (Å²) in [5.74, 6) is -4.42. The first-order valence-corrected chi connectivity index (χ1v) is 13.2. The number of benzene rings is 2. The maximum atomic E-state index is 15.6. The van der Waals surface area contributed by atoms with Crippen LogP contribution in [0.4, 0.5) is 17.6 Å². The Labute approximate surface area is 210 Å². The van der Waals surface area contributed by atoms with Gasteiger partial charge in [0.05, 0.1) is 25.3 Å². The Kier molecular flexibility index (Phi) is 6.31. The van der Waals surface area contributed by atoms with Gasteiger partial charge < -0.3 is 4.90 Å². The summed E-state index contributed by atoms with van der Waals surface area (Å²) in [4.78, 5) is 12.9. The fourth-order valence-corrected chi connectivity index (χ4v) is 5.76. The highest BCUT2D eigenvalue weighted by atomic mass is 32.2. The molecule has 5 rings (SSSR count). The number of alkyl halides is 1.